The van der Waals surface area contributed by atoms with Gasteiger partial charge in [0, 0.05) is 5.92 Å². The molecule has 0 radical (unpaired) electrons. The molecule has 13 rings (SSSR count). The Morgan fingerprint density at radius 2 is 0.725 bits per heavy atom. The highest BCUT2D eigenvalue weighted by Gasteiger charge is 2.22. The molecule has 13 aromatic rings. The minimum Gasteiger partial charge on any atom is -0.0622 e. The zero-order valence-electron chi connectivity index (χ0n) is 38.1. The van der Waals surface area contributed by atoms with Crippen molar-refractivity contribution >= 4 is 53.9 Å². The van der Waals surface area contributed by atoms with E-state index in [-0.39, 0.29) is 5.92 Å². The molecule has 0 heteroatoms. The summed E-state index contributed by atoms with van der Waals surface area (Å²) in [5, 5.41) is 12.7. The number of fused-ring (bicyclic) bond motifs is 8. The Balaban J connectivity index is 0.980. The van der Waals surface area contributed by atoms with Gasteiger partial charge in [-0.05, 0) is 144 Å². The van der Waals surface area contributed by atoms with Gasteiger partial charge in [-0.2, -0.15) is 0 Å². The van der Waals surface area contributed by atoms with Gasteiger partial charge in [0.1, 0.15) is 0 Å². The average molecular weight is 875 g/mol. The van der Waals surface area contributed by atoms with Crippen LogP contribution in [0.15, 0.2) is 273 Å². The lowest BCUT2D eigenvalue weighted by molar-refractivity contribution is 0.979. The molecule has 322 valence electrons. The van der Waals surface area contributed by atoms with Gasteiger partial charge in [0.15, 0.2) is 0 Å². The van der Waals surface area contributed by atoms with E-state index in [4.69, 9.17) is 0 Å². The van der Waals surface area contributed by atoms with E-state index in [0.717, 1.165) is 0 Å². The van der Waals surface area contributed by atoms with Gasteiger partial charge in [0.2, 0.25) is 0 Å². The van der Waals surface area contributed by atoms with Crippen LogP contribution in [0.3, 0.4) is 0 Å². The van der Waals surface area contributed by atoms with Crippen molar-refractivity contribution < 1.29 is 0 Å². The molecular weight excluding hydrogens is 829 g/mol. The van der Waals surface area contributed by atoms with Gasteiger partial charge in [-0.15, -0.1) is 0 Å². The summed E-state index contributed by atoms with van der Waals surface area (Å²) in [6.45, 7) is 0. The van der Waals surface area contributed by atoms with E-state index in [2.05, 4.69) is 273 Å². The lowest BCUT2D eigenvalue weighted by atomic mass is 9.81. The van der Waals surface area contributed by atoms with Gasteiger partial charge in [0.25, 0.3) is 0 Å². The van der Waals surface area contributed by atoms with Crippen LogP contribution >= 0.6 is 0 Å². The molecule has 0 aromatic heterocycles. The lowest BCUT2D eigenvalue weighted by Gasteiger charge is -2.23. The van der Waals surface area contributed by atoms with Gasteiger partial charge in [0.05, 0.1) is 0 Å². The Labute approximate surface area is 403 Å². The molecule has 0 aliphatic heterocycles. The third-order valence-corrected chi connectivity index (χ3v) is 14.4. The molecule has 0 aliphatic rings. The fourth-order valence-corrected chi connectivity index (χ4v) is 11.1. The van der Waals surface area contributed by atoms with Crippen molar-refractivity contribution in [1.29, 1.82) is 0 Å². The van der Waals surface area contributed by atoms with Crippen LogP contribution < -0.4 is 0 Å². The number of hydrogen-bond donors (Lipinski definition) is 0. The Hall–Kier alpha value is -8.84. The van der Waals surface area contributed by atoms with Crippen LogP contribution in [-0.4, -0.2) is 0 Å². The predicted octanol–water partition coefficient (Wildman–Crippen LogP) is 19.0. The first-order valence-corrected chi connectivity index (χ1v) is 24.0. The maximum Gasteiger partial charge on any atom is 0.0340 e. The maximum atomic E-state index is 2.47. The zero-order chi connectivity index (χ0) is 45.7. The number of benzene rings is 13. The topological polar surface area (TPSA) is 0 Å². The first-order valence-electron chi connectivity index (χ1n) is 24.0. The second-order valence-corrected chi connectivity index (χ2v) is 18.3. The Kier molecular flexibility index (Phi) is 10.0. The lowest BCUT2D eigenvalue weighted by Crippen LogP contribution is -2.05. The van der Waals surface area contributed by atoms with Crippen molar-refractivity contribution in [1.82, 2.24) is 0 Å². The highest BCUT2D eigenvalue weighted by atomic mass is 14.2. The average Bonchev–Trinajstić information content (AvgIpc) is 3.43. The van der Waals surface area contributed by atoms with E-state index >= 15 is 0 Å². The van der Waals surface area contributed by atoms with Crippen LogP contribution in [0.1, 0.15) is 22.6 Å². The van der Waals surface area contributed by atoms with Crippen molar-refractivity contribution in [3.63, 3.8) is 0 Å². The molecule has 69 heavy (non-hydrogen) atoms. The molecule has 0 spiro atoms. The first-order chi connectivity index (χ1) is 34.2. The number of rotatable bonds is 8. The van der Waals surface area contributed by atoms with E-state index in [1.807, 2.05) is 0 Å². The molecule has 0 saturated heterocycles. The van der Waals surface area contributed by atoms with Crippen LogP contribution in [0, 0.1) is 0 Å². The van der Waals surface area contributed by atoms with Crippen LogP contribution in [0.2, 0.25) is 0 Å². The summed E-state index contributed by atoms with van der Waals surface area (Å²) in [6, 6.07) is 101. The summed E-state index contributed by atoms with van der Waals surface area (Å²) >= 11 is 0. The Bertz CT molecular complexity index is 4050. The van der Waals surface area contributed by atoms with Crippen molar-refractivity contribution in [2.45, 2.75) is 5.92 Å². The highest BCUT2D eigenvalue weighted by Crippen LogP contribution is 2.43. The fraction of sp³-hybridized carbons (Fsp3) is 0.0145. The van der Waals surface area contributed by atoms with E-state index < -0.39 is 0 Å². The smallest absolute Gasteiger partial charge is 0.0340 e. The molecule has 0 bridgehead atoms. The van der Waals surface area contributed by atoms with Gasteiger partial charge in [-0.25, -0.2) is 0 Å². The molecular formula is C69H46. The van der Waals surface area contributed by atoms with Crippen LogP contribution in [-0.2, 0) is 0 Å². The van der Waals surface area contributed by atoms with Crippen molar-refractivity contribution in [3.8, 4) is 55.6 Å². The van der Waals surface area contributed by atoms with Crippen LogP contribution in [0.5, 0.6) is 0 Å². The fourth-order valence-electron chi connectivity index (χ4n) is 11.1. The molecule has 0 heterocycles. The Morgan fingerprint density at radius 3 is 1.54 bits per heavy atom. The largest absolute Gasteiger partial charge is 0.0622 e. The maximum absolute atomic E-state index is 2.47. The minimum absolute atomic E-state index is 0.0380. The van der Waals surface area contributed by atoms with E-state index in [1.165, 1.54) is 126 Å². The Morgan fingerprint density at radius 1 is 0.188 bits per heavy atom. The molecule has 0 aliphatic carbocycles. The summed E-state index contributed by atoms with van der Waals surface area (Å²) in [5.74, 6) is -0.0380. The van der Waals surface area contributed by atoms with E-state index in [9.17, 15) is 0 Å². The summed E-state index contributed by atoms with van der Waals surface area (Å²) in [7, 11) is 0. The molecule has 0 N–H and O–H groups in total. The summed E-state index contributed by atoms with van der Waals surface area (Å²) in [6.07, 6.45) is 0. The van der Waals surface area contributed by atoms with Crippen molar-refractivity contribution in [3.05, 3.63) is 290 Å². The monoisotopic (exact) mass is 874 g/mol. The molecule has 0 amide bonds. The molecule has 0 fully saturated rings. The zero-order valence-corrected chi connectivity index (χ0v) is 38.1. The van der Waals surface area contributed by atoms with Gasteiger partial charge in [-0.1, -0.05) is 255 Å². The molecule has 13 aromatic carbocycles. The van der Waals surface area contributed by atoms with Crippen LogP contribution in [0.25, 0.3) is 109 Å². The normalized spacial score (nSPS) is 12.0. The third kappa shape index (κ3) is 7.26. The molecule has 0 saturated carbocycles. The standard InChI is InChI=1S/C69H46/c1-3-16-46(17-4-1)52-22-13-25-56(42-52)68(50-35-33-49(34-36-50)66-44-55-21-8-9-26-58(55)62-28-11-12-29-63(62)66)57-39-40-60(47-18-5-2-6-19-47)67(45-57)54-24-14-23-53(43-54)59-30-15-31-65-64(59)41-38-51-37-32-48-20-7-10-27-61(48)69(51)65/h1-45,68H. The SMILES string of the molecule is c1ccc(-c2cccc(C(c3ccc(-c4cc5ccccc5c5ccccc45)cc3)c3ccc(-c4ccccc4)c(-c4cccc(-c5cccc6c5ccc5ccc7ccccc7c56)c4)c3)c2)cc1. The first kappa shape index (κ1) is 40.4. The highest BCUT2D eigenvalue weighted by molar-refractivity contribution is 6.22. The van der Waals surface area contributed by atoms with E-state index in [0.29, 0.717) is 0 Å². The molecule has 1 unspecified atom stereocenters. The van der Waals surface area contributed by atoms with Crippen LogP contribution in [0.4, 0.5) is 0 Å². The summed E-state index contributed by atoms with van der Waals surface area (Å²) in [5.41, 5.74) is 15.9. The predicted molar refractivity (Wildman–Crippen MR) is 295 cm³/mol. The molecule has 1 atom stereocenters. The van der Waals surface area contributed by atoms with Crippen molar-refractivity contribution in [2.24, 2.45) is 0 Å². The quantitative estimate of drug-likeness (QED) is 0.105. The second kappa shape index (κ2) is 17.1. The van der Waals surface area contributed by atoms with Gasteiger partial charge >= 0.3 is 0 Å². The molecule has 0 nitrogen and oxygen atoms in total. The van der Waals surface area contributed by atoms with E-state index in [1.54, 1.807) is 0 Å². The van der Waals surface area contributed by atoms with Crippen molar-refractivity contribution in [2.75, 3.05) is 0 Å². The summed E-state index contributed by atoms with van der Waals surface area (Å²) < 4.78 is 0. The summed E-state index contributed by atoms with van der Waals surface area (Å²) in [4.78, 5) is 0. The second-order valence-electron chi connectivity index (χ2n) is 18.3. The number of hydrogen-bond acceptors (Lipinski definition) is 0. The third-order valence-electron chi connectivity index (χ3n) is 14.4. The minimum atomic E-state index is -0.0380. The van der Waals surface area contributed by atoms with Gasteiger partial charge in [-0.3, -0.25) is 0 Å². The van der Waals surface area contributed by atoms with Gasteiger partial charge < -0.3 is 0 Å².